The Morgan fingerprint density at radius 1 is 1.45 bits per heavy atom. The molecule has 0 spiro atoms. The maximum Gasteiger partial charge on any atom is 0.180 e. The molecule has 0 aliphatic heterocycles. The summed E-state index contributed by atoms with van der Waals surface area (Å²) in [5.74, 6) is 0. The lowest BCUT2D eigenvalue weighted by molar-refractivity contribution is 0.915. The zero-order valence-electron chi connectivity index (χ0n) is 6.05. The van der Waals surface area contributed by atoms with Crippen molar-refractivity contribution in [2.75, 3.05) is 5.73 Å². The Hall–Kier alpha value is -0.900. The number of anilines is 1. The first-order chi connectivity index (χ1) is 5.25. The molecule has 1 heterocycles. The molecule has 1 aliphatic carbocycles. The van der Waals surface area contributed by atoms with Crippen LogP contribution in [0.4, 0.5) is 5.13 Å². The van der Waals surface area contributed by atoms with Gasteiger partial charge in [-0.05, 0) is 12.8 Å². The topological polar surface area (TPSA) is 62.8 Å². The number of rotatable bonds is 0. The number of nitrogens with zero attached hydrogens (tertiary/aromatic N) is 1. The van der Waals surface area contributed by atoms with Gasteiger partial charge in [0.25, 0.3) is 0 Å². The van der Waals surface area contributed by atoms with Gasteiger partial charge in [0.15, 0.2) is 5.13 Å². The van der Waals surface area contributed by atoms with Crippen molar-refractivity contribution in [3.8, 4) is 0 Å². The first kappa shape index (κ1) is 6.79. The van der Waals surface area contributed by atoms with Crippen molar-refractivity contribution in [2.45, 2.75) is 19.3 Å². The van der Waals surface area contributed by atoms with Gasteiger partial charge >= 0.3 is 0 Å². The largest absolute Gasteiger partial charge is 0.375 e. The minimum atomic E-state index is 0.643. The molecule has 0 amide bonds. The molecule has 0 radical (unpaired) electrons. The normalized spacial score (nSPS) is 16.5. The van der Waals surface area contributed by atoms with E-state index in [1.54, 1.807) is 0 Å². The van der Waals surface area contributed by atoms with Crippen LogP contribution in [0.25, 0.3) is 0 Å². The van der Waals surface area contributed by atoms with E-state index in [4.69, 9.17) is 11.1 Å². The molecular weight excluding hydrogens is 158 g/mol. The number of nitrogens with one attached hydrogen (secondary N) is 1. The van der Waals surface area contributed by atoms with Crippen molar-refractivity contribution >= 4 is 22.2 Å². The zero-order chi connectivity index (χ0) is 7.84. The van der Waals surface area contributed by atoms with E-state index in [1.807, 2.05) is 0 Å². The SMILES string of the molecule is N=C1CCc2nc(N)sc2C1. The molecule has 0 fully saturated rings. The van der Waals surface area contributed by atoms with Gasteiger partial charge in [-0.15, -0.1) is 11.3 Å². The molecule has 58 valence electrons. The molecule has 3 N–H and O–H groups in total. The second-order valence-electron chi connectivity index (χ2n) is 2.70. The van der Waals surface area contributed by atoms with Crippen LogP contribution in [0, 0.1) is 5.41 Å². The number of hydrogen-bond donors (Lipinski definition) is 2. The monoisotopic (exact) mass is 167 g/mol. The first-order valence-electron chi connectivity index (χ1n) is 3.56. The van der Waals surface area contributed by atoms with Crippen LogP contribution >= 0.6 is 11.3 Å². The number of thiazole rings is 1. The maximum atomic E-state index is 7.47. The predicted octanol–water partition coefficient (Wildman–Crippen LogP) is 1.23. The molecule has 11 heavy (non-hydrogen) atoms. The minimum absolute atomic E-state index is 0.643. The van der Waals surface area contributed by atoms with Crippen molar-refractivity contribution in [1.82, 2.24) is 4.98 Å². The van der Waals surface area contributed by atoms with Crippen molar-refractivity contribution in [3.63, 3.8) is 0 Å². The third-order valence-electron chi connectivity index (χ3n) is 1.83. The number of nitrogens with two attached hydrogens (primary N) is 1. The summed E-state index contributed by atoms with van der Waals surface area (Å²) in [5, 5.41) is 8.11. The van der Waals surface area contributed by atoms with E-state index in [2.05, 4.69) is 4.98 Å². The van der Waals surface area contributed by atoms with E-state index in [0.717, 1.165) is 30.7 Å². The Morgan fingerprint density at radius 3 is 3.09 bits per heavy atom. The molecule has 1 aromatic heterocycles. The molecule has 1 aliphatic rings. The lowest BCUT2D eigenvalue weighted by Crippen LogP contribution is -2.10. The van der Waals surface area contributed by atoms with E-state index in [1.165, 1.54) is 16.2 Å². The van der Waals surface area contributed by atoms with Crippen LogP contribution in [-0.4, -0.2) is 10.7 Å². The van der Waals surface area contributed by atoms with E-state index in [-0.39, 0.29) is 0 Å². The molecular formula is C7H9N3S. The van der Waals surface area contributed by atoms with Crippen LogP contribution in [0.1, 0.15) is 17.0 Å². The minimum Gasteiger partial charge on any atom is -0.375 e. The molecule has 0 atom stereocenters. The highest BCUT2D eigenvalue weighted by Crippen LogP contribution is 2.26. The quantitative estimate of drug-likeness (QED) is 0.610. The summed E-state index contributed by atoms with van der Waals surface area (Å²) in [6.07, 6.45) is 2.53. The number of hydrogen-bond acceptors (Lipinski definition) is 4. The number of aromatic nitrogens is 1. The summed E-state index contributed by atoms with van der Waals surface area (Å²) in [6, 6.07) is 0. The zero-order valence-corrected chi connectivity index (χ0v) is 6.87. The van der Waals surface area contributed by atoms with Crippen molar-refractivity contribution in [1.29, 1.82) is 5.41 Å². The van der Waals surface area contributed by atoms with Gasteiger partial charge in [-0.2, -0.15) is 0 Å². The predicted molar refractivity (Wildman–Crippen MR) is 46.3 cm³/mol. The summed E-state index contributed by atoms with van der Waals surface area (Å²) in [4.78, 5) is 5.38. The third kappa shape index (κ3) is 1.14. The summed E-state index contributed by atoms with van der Waals surface area (Å²) >= 11 is 1.52. The van der Waals surface area contributed by atoms with Crippen molar-refractivity contribution in [3.05, 3.63) is 10.6 Å². The maximum absolute atomic E-state index is 7.47. The Labute approximate surface area is 68.8 Å². The molecule has 4 heteroatoms. The Kier molecular flexibility index (Phi) is 1.42. The van der Waals surface area contributed by atoms with Crippen LogP contribution in [0.5, 0.6) is 0 Å². The fraction of sp³-hybridized carbons (Fsp3) is 0.429. The highest BCUT2D eigenvalue weighted by atomic mass is 32.1. The average molecular weight is 167 g/mol. The fourth-order valence-electron chi connectivity index (χ4n) is 1.29. The molecule has 3 nitrogen and oxygen atoms in total. The third-order valence-corrected chi connectivity index (χ3v) is 2.76. The van der Waals surface area contributed by atoms with Crippen molar-refractivity contribution < 1.29 is 0 Å². The van der Waals surface area contributed by atoms with E-state index < -0.39 is 0 Å². The molecule has 1 aromatic rings. The molecule has 2 rings (SSSR count). The molecule has 0 aromatic carbocycles. The van der Waals surface area contributed by atoms with Crippen LogP contribution in [0.3, 0.4) is 0 Å². The highest BCUT2D eigenvalue weighted by Gasteiger charge is 2.16. The Bertz CT molecular complexity index is 303. The Balaban J connectivity index is 2.41. The van der Waals surface area contributed by atoms with Crippen LogP contribution in [0.15, 0.2) is 0 Å². The lowest BCUT2D eigenvalue weighted by Gasteiger charge is -2.08. The van der Waals surface area contributed by atoms with Crippen molar-refractivity contribution in [2.24, 2.45) is 0 Å². The van der Waals surface area contributed by atoms with Gasteiger partial charge in [0.1, 0.15) is 0 Å². The lowest BCUT2D eigenvalue weighted by atomic mass is 10.0. The van der Waals surface area contributed by atoms with E-state index in [9.17, 15) is 0 Å². The molecule has 0 saturated heterocycles. The van der Waals surface area contributed by atoms with Crippen LogP contribution in [-0.2, 0) is 12.8 Å². The van der Waals surface area contributed by atoms with Crippen LogP contribution < -0.4 is 5.73 Å². The van der Waals surface area contributed by atoms with Gasteiger partial charge in [0.05, 0.1) is 5.69 Å². The standard InChI is InChI=1S/C7H9N3S/c8-4-1-2-5-6(3-4)11-7(9)10-5/h8H,1-3H2,(H2,9,10). The van der Waals surface area contributed by atoms with Gasteiger partial charge < -0.3 is 11.1 Å². The second-order valence-corrected chi connectivity index (χ2v) is 3.82. The second kappa shape index (κ2) is 2.30. The first-order valence-corrected chi connectivity index (χ1v) is 4.37. The van der Waals surface area contributed by atoms with Gasteiger partial charge in [-0.25, -0.2) is 4.98 Å². The van der Waals surface area contributed by atoms with Gasteiger partial charge in [-0.1, -0.05) is 0 Å². The molecule has 0 unspecified atom stereocenters. The van der Waals surface area contributed by atoms with Crippen LogP contribution in [0.2, 0.25) is 0 Å². The number of nitrogen functional groups attached to an aromatic ring is 1. The van der Waals surface area contributed by atoms with E-state index in [0.29, 0.717) is 5.13 Å². The van der Waals surface area contributed by atoms with Gasteiger partial charge in [-0.3, -0.25) is 0 Å². The molecule has 0 saturated carbocycles. The summed E-state index contributed by atoms with van der Waals surface area (Å²) in [7, 11) is 0. The smallest absolute Gasteiger partial charge is 0.180 e. The van der Waals surface area contributed by atoms with Gasteiger partial charge in [0, 0.05) is 17.0 Å². The molecule has 0 bridgehead atoms. The fourth-order valence-corrected chi connectivity index (χ4v) is 2.21. The van der Waals surface area contributed by atoms with E-state index >= 15 is 0 Å². The summed E-state index contributed by atoms with van der Waals surface area (Å²) in [6.45, 7) is 0. The highest BCUT2D eigenvalue weighted by molar-refractivity contribution is 7.15. The average Bonchev–Trinajstić information content (AvgIpc) is 2.27. The Morgan fingerprint density at radius 2 is 2.27 bits per heavy atom. The van der Waals surface area contributed by atoms with Gasteiger partial charge in [0.2, 0.25) is 0 Å². The number of aryl methyl sites for hydroxylation is 1. The summed E-state index contributed by atoms with van der Waals surface area (Å²) in [5.41, 5.74) is 7.46. The summed E-state index contributed by atoms with van der Waals surface area (Å²) < 4.78 is 0. The number of fused-ring (bicyclic) bond motifs is 1.